The number of imidazole rings is 1. The first kappa shape index (κ1) is 15.2. The van der Waals surface area contributed by atoms with E-state index >= 15 is 0 Å². The molecule has 0 aliphatic rings. The summed E-state index contributed by atoms with van der Waals surface area (Å²) >= 11 is 0. The maximum atomic E-state index is 5.13. The Balaban J connectivity index is 2.01. The van der Waals surface area contributed by atoms with Gasteiger partial charge in [-0.2, -0.15) is 0 Å². The van der Waals surface area contributed by atoms with Gasteiger partial charge in [-0.05, 0) is 43.4 Å². The minimum absolute atomic E-state index is 1.03. The smallest absolute Gasteiger partial charge is 0.146 e. The van der Waals surface area contributed by atoms with E-state index in [4.69, 9.17) is 4.98 Å². The molecular weight excluding hydrogens is 316 g/mol. The van der Waals surface area contributed by atoms with Gasteiger partial charge in [-0.1, -0.05) is 60.7 Å². The van der Waals surface area contributed by atoms with Crippen molar-refractivity contribution in [3.63, 3.8) is 0 Å². The van der Waals surface area contributed by atoms with Crippen LogP contribution >= 0.6 is 0 Å². The summed E-state index contributed by atoms with van der Waals surface area (Å²) in [5.74, 6) is 0. The van der Waals surface area contributed by atoms with Gasteiger partial charge < -0.3 is 0 Å². The molecule has 0 saturated carbocycles. The maximum Gasteiger partial charge on any atom is 0.146 e. The van der Waals surface area contributed by atoms with E-state index < -0.39 is 0 Å². The van der Waals surface area contributed by atoms with Gasteiger partial charge in [-0.25, -0.2) is 4.98 Å². The summed E-state index contributed by atoms with van der Waals surface area (Å²) < 4.78 is 2.31. The first-order chi connectivity index (χ1) is 12.7. The maximum absolute atomic E-state index is 5.13. The third-order valence-corrected chi connectivity index (χ3v) is 5.57. The summed E-state index contributed by atoms with van der Waals surface area (Å²) in [6.07, 6.45) is 0. The molecule has 2 heteroatoms. The fraction of sp³-hybridized carbons (Fsp3) is 0.125. The molecule has 0 atom stereocenters. The molecule has 2 nitrogen and oxygen atoms in total. The summed E-state index contributed by atoms with van der Waals surface area (Å²) in [6.45, 7) is 6.53. The number of benzene rings is 3. The quantitative estimate of drug-likeness (QED) is 0.332. The molecule has 26 heavy (non-hydrogen) atoms. The van der Waals surface area contributed by atoms with E-state index in [1.807, 2.05) is 0 Å². The predicted octanol–water partition coefficient (Wildman–Crippen LogP) is 6.23. The summed E-state index contributed by atoms with van der Waals surface area (Å²) in [5.41, 5.74) is 8.33. The van der Waals surface area contributed by atoms with E-state index in [2.05, 4.69) is 91.9 Å². The highest BCUT2D eigenvalue weighted by molar-refractivity contribution is 6.12. The molecule has 0 spiro atoms. The SMILES string of the molecule is Cc1cccc(-c2nc3c4ccccc4c4ccccc4n3c2C)c1C. The number of rotatable bonds is 1. The van der Waals surface area contributed by atoms with Gasteiger partial charge in [0.05, 0.1) is 11.2 Å². The highest BCUT2D eigenvalue weighted by Crippen LogP contribution is 2.35. The fourth-order valence-electron chi connectivity index (χ4n) is 4.05. The average Bonchev–Trinajstić information content (AvgIpc) is 3.02. The number of fused-ring (bicyclic) bond motifs is 6. The first-order valence-electron chi connectivity index (χ1n) is 9.02. The standard InChI is InChI=1S/C24H20N2/c1-15-9-8-13-18(16(15)2)23-17(3)26-22-14-7-6-11-20(22)19-10-4-5-12-21(19)24(26)25-23/h4-14H,1-3H3. The van der Waals surface area contributed by atoms with Crippen molar-refractivity contribution in [2.75, 3.05) is 0 Å². The van der Waals surface area contributed by atoms with Crippen LogP contribution in [-0.2, 0) is 0 Å². The Bertz CT molecular complexity index is 1310. The van der Waals surface area contributed by atoms with E-state index in [0.29, 0.717) is 0 Å². The van der Waals surface area contributed by atoms with E-state index in [9.17, 15) is 0 Å². The monoisotopic (exact) mass is 336 g/mol. The van der Waals surface area contributed by atoms with Crippen molar-refractivity contribution in [3.8, 4) is 11.3 Å². The second-order valence-electron chi connectivity index (χ2n) is 7.02. The van der Waals surface area contributed by atoms with E-state index in [1.54, 1.807) is 0 Å². The number of pyridine rings is 1. The zero-order chi connectivity index (χ0) is 17.8. The summed E-state index contributed by atoms with van der Waals surface area (Å²) in [7, 11) is 0. The van der Waals surface area contributed by atoms with Crippen LogP contribution in [0.2, 0.25) is 0 Å². The highest BCUT2D eigenvalue weighted by atomic mass is 15.0. The van der Waals surface area contributed by atoms with Gasteiger partial charge in [-0.3, -0.25) is 4.40 Å². The largest absolute Gasteiger partial charge is 0.296 e. The summed E-state index contributed by atoms with van der Waals surface area (Å²) in [6, 6.07) is 23.6. The molecule has 3 aromatic carbocycles. The van der Waals surface area contributed by atoms with Crippen LogP contribution in [0.4, 0.5) is 0 Å². The van der Waals surface area contributed by atoms with Gasteiger partial charge in [0.2, 0.25) is 0 Å². The second-order valence-corrected chi connectivity index (χ2v) is 7.02. The van der Waals surface area contributed by atoms with Gasteiger partial charge in [0.25, 0.3) is 0 Å². The van der Waals surface area contributed by atoms with Crippen molar-refractivity contribution in [3.05, 3.63) is 83.6 Å². The zero-order valence-corrected chi connectivity index (χ0v) is 15.2. The van der Waals surface area contributed by atoms with Crippen LogP contribution in [0.5, 0.6) is 0 Å². The Hall–Kier alpha value is -3.13. The van der Waals surface area contributed by atoms with Crippen LogP contribution in [0.15, 0.2) is 66.7 Å². The molecule has 0 amide bonds. The molecule has 5 rings (SSSR count). The van der Waals surface area contributed by atoms with Crippen LogP contribution in [0.3, 0.4) is 0 Å². The Morgan fingerprint density at radius 2 is 1.38 bits per heavy atom. The van der Waals surface area contributed by atoms with Crippen molar-refractivity contribution in [1.82, 2.24) is 9.38 Å². The normalized spacial score (nSPS) is 11.7. The second kappa shape index (κ2) is 5.43. The predicted molar refractivity (Wildman–Crippen MR) is 110 cm³/mol. The van der Waals surface area contributed by atoms with Crippen molar-refractivity contribution in [1.29, 1.82) is 0 Å². The lowest BCUT2D eigenvalue weighted by Crippen LogP contribution is -1.93. The van der Waals surface area contributed by atoms with Crippen molar-refractivity contribution >= 4 is 27.3 Å². The topological polar surface area (TPSA) is 17.3 Å². The van der Waals surface area contributed by atoms with Gasteiger partial charge in [-0.15, -0.1) is 0 Å². The Morgan fingerprint density at radius 1 is 0.692 bits per heavy atom. The number of hydrogen-bond acceptors (Lipinski definition) is 1. The van der Waals surface area contributed by atoms with Crippen molar-refractivity contribution in [2.24, 2.45) is 0 Å². The van der Waals surface area contributed by atoms with E-state index in [1.165, 1.54) is 44.1 Å². The fourth-order valence-corrected chi connectivity index (χ4v) is 4.05. The number of hydrogen-bond donors (Lipinski definition) is 0. The Kier molecular flexibility index (Phi) is 3.17. The van der Waals surface area contributed by atoms with Crippen LogP contribution in [0, 0.1) is 20.8 Å². The van der Waals surface area contributed by atoms with Crippen LogP contribution in [-0.4, -0.2) is 9.38 Å². The van der Waals surface area contributed by atoms with Crippen LogP contribution in [0.25, 0.3) is 38.6 Å². The first-order valence-corrected chi connectivity index (χ1v) is 9.02. The molecule has 0 unspecified atom stereocenters. The van der Waals surface area contributed by atoms with Crippen LogP contribution in [0.1, 0.15) is 16.8 Å². The number of aryl methyl sites for hydroxylation is 2. The third-order valence-electron chi connectivity index (χ3n) is 5.57. The van der Waals surface area contributed by atoms with E-state index in [-0.39, 0.29) is 0 Å². The van der Waals surface area contributed by atoms with Gasteiger partial charge in [0, 0.05) is 22.0 Å². The molecule has 0 fully saturated rings. The Morgan fingerprint density at radius 3 is 2.19 bits per heavy atom. The molecular formula is C24H20N2. The minimum atomic E-state index is 1.03. The lowest BCUT2D eigenvalue weighted by molar-refractivity contribution is 1.17. The molecule has 0 N–H and O–H groups in total. The lowest BCUT2D eigenvalue weighted by atomic mass is 10.0. The molecule has 2 aromatic heterocycles. The molecule has 0 radical (unpaired) electrons. The number of para-hydroxylation sites is 1. The highest BCUT2D eigenvalue weighted by Gasteiger charge is 2.17. The van der Waals surface area contributed by atoms with Gasteiger partial charge in [0.1, 0.15) is 5.65 Å². The number of aromatic nitrogens is 2. The van der Waals surface area contributed by atoms with Gasteiger partial charge >= 0.3 is 0 Å². The van der Waals surface area contributed by atoms with Crippen molar-refractivity contribution in [2.45, 2.75) is 20.8 Å². The third kappa shape index (κ3) is 1.96. The van der Waals surface area contributed by atoms with Gasteiger partial charge in [0.15, 0.2) is 0 Å². The average molecular weight is 336 g/mol. The molecule has 0 saturated heterocycles. The molecule has 126 valence electrons. The molecule has 5 aromatic rings. The molecule has 2 heterocycles. The molecule has 0 aliphatic carbocycles. The summed E-state index contributed by atoms with van der Waals surface area (Å²) in [4.78, 5) is 5.13. The molecule has 0 bridgehead atoms. The van der Waals surface area contributed by atoms with Crippen LogP contribution < -0.4 is 0 Å². The molecule has 0 aliphatic heterocycles. The summed E-state index contributed by atoms with van der Waals surface area (Å²) in [5, 5.41) is 3.72. The van der Waals surface area contributed by atoms with E-state index in [0.717, 1.165) is 11.3 Å². The lowest BCUT2D eigenvalue weighted by Gasteiger charge is -2.09. The Labute approximate surface area is 152 Å². The number of nitrogens with zero attached hydrogens (tertiary/aromatic N) is 2. The zero-order valence-electron chi connectivity index (χ0n) is 15.2. The van der Waals surface area contributed by atoms with Crippen molar-refractivity contribution < 1.29 is 0 Å². The minimum Gasteiger partial charge on any atom is -0.296 e.